The van der Waals surface area contributed by atoms with Crippen LogP contribution in [0.3, 0.4) is 0 Å². The standard InChI is InChI=1S/C19H18O2/c1-19(2)11-16(19)18(20)21-17-14-9-5-3-7-12(14)13-8-4-6-10-15(13)17/h3-10,16-17H,11H2,1-2H3. The van der Waals surface area contributed by atoms with Gasteiger partial charge in [0.1, 0.15) is 0 Å². The Kier molecular flexibility index (Phi) is 2.53. The molecule has 2 nitrogen and oxygen atoms in total. The van der Waals surface area contributed by atoms with E-state index in [-0.39, 0.29) is 23.4 Å². The number of ether oxygens (including phenoxy) is 1. The molecule has 21 heavy (non-hydrogen) atoms. The van der Waals surface area contributed by atoms with Crippen LogP contribution in [0.4, 0.5) is 0 Å². The lowest BCUT2D eigenvalue weighted by molar-refractivity contribution is -0.149. The minimum atomic E-state index is -0.249. The molecule has 1 saturated carbocycles. The van der Waals surface area contributed by atoms with Gasteiger partial charge in [0.15, 0.2) is 6.10 Å². The summed E-state index contributed by atoms with van der Waals surface area (Å²) in [5.41, 5.74) is 4.67. The van der Waals surface area contributed by atoms with E-state index in [2.05, 4.69) is 38.1 Å². The first kappa shape index (κ1) is 12.6. The predicted octanol–water partition coefficient (Wildman–Crippen LogP) is 4.35. The molecule has 2 heteroatoms. The van der Waals surface area contributed by atoms with Gasteiger partial charge in [0.25, 0.3) is 0 Å². The van der Waals surface area contributed by atoms with Crippen LogP contribution >= 0.6 is 0 Å². The normalized spacial score (nSPS) is 21.5. The van der Waals surface area contributed by atoms with E-state index in [1.807, 2.05) is 24.3 Å². The van der Waals surface area contributed by atoms with Gasteiger partial charge in [-0.15, -0.1) is 0 Å². The Morgan fingerprint density at radius 1 is 1.00 bits per heavy atom. The van der Waals surface area contributed by atoms with Gasteiger partial charge in [0, 0.05) is 11.1 Å². The maximum Gasteiger partial charge on any atom is 0.310 e. The highest BCUT2D eigenvalue weighted by Crippen LogP contribution is 2.54. The molecule has 0 amide bonds. The highest BCUT2D eigenvalue weighted by atomic mass is 16.5. The van der Waals surface area contributed by atoms with Gasteiger partial charge in [-0.2, -0.15) is 0 Å². The van der Waals surface area contributed by atoms with Gasteiger partial charge in [-0.3, -0.25) is 4.79 Å². The van der Waals surface area contributed by atoms with Crippen LogP contribution in [-0.4, -0.2) is 5.97 Å². The average molecular weight is 278 g/mol. The first-order chi connectivity index (χ1) is 10.1. The van der Waals surface area contributed by atoms with Crippen LogP contribution in [0.1, 0.15) is 37.5 Å². The number of hydrogen-bond donors (Lipinski definition) is 0. The summed E-state index contributed by atoms with van der Waals surface area (Å²) in [6.07, 6.45) is 0.684. The molecule has 0 radical (unpaired) electrons. The molecule has 2 aliphatic rings. The van der Waals surface area contributed by atoms with E-state index < -0.39 is 0 Å². The number of carbonyl (C=O) groups excluding carboxylic acids is 1. The van der Waals surface area contributed by atoms with Gasteiger partial charge in [0.2, 0.25) is 0 Å². The summed E-state index contributed by atoms with van der Waals surface area (Å²) in [7, 11) is 0. The zero-order valence-electron chi connectivity index (χ0n) is 12.3. The summed E-state index contributed by atoms with van der Waals surface area (Å²) in [6.45, 7) is 4.24. The first-order valence-corrected chi connectivity index (χ1v) is 7.47. The van der Waals surface area contributed by atoms with Crippen LogP contribution < -0.4 is 0 Å². The second-order valence-corrected chi connectivity index (χ2v) is 6.74. The van der Waals surface area contributed by atoms with E-state index in [0.29, 0.717) is 0 Å². The number of esters is 1. The van der Waals surface area contributed by atoms with Crippen LogP contribution in [0, 0.1) is 11.3 Å². The van der Waals surface area contributed by atoms with Gasteiger partial charge >= 0.3 is 5.97 Å². The Hall–Kier alpha value is -2.09. The summed E-state index contributed by atoms with van der Waals surface area (Å²) >= 11 is 0. The third-order valence-electron chi connectivity index (χ3n) is 4.81. The maximum absolute atomic E-state index is 12.4. The second-order valence-electron chi connectivity index (χ2n) is 6.74. The van der Waals surface area contributed by atoms with E-state index in [1.54, 1.807) is 0 Å². The molecule has 2 aliphatic carbocycles. The van der Waals surface area contributed by atoms with Gasteiger partial charge in [-0.05, 0) is 23.0 Å². The van der Waals surface area contributed by atoms with E-state index in [9.17, 15) is 4.79 Å². The number of fused-ring (bicyclic) bond motifs is 3. The van der Waals surface area contributed by atoms with Crippen molar-refractivity contribution in [2.24, 2.45) is 11.3 Å². The van der Waals surface area contributed by atoms with Crippen molar-refractivity contribution in [1.82, 2.24) is 0 Å². The molecule has 2 aromatic rings. The Morgan fingerprint density at radius 3 is 1.95 bits per heavy atom. The van der Waals surface area contributed by atoms with Crippen molar-refractivity contribution in [2.45, 2.75) is 26.4 Å². The second kappa shape index (κ2) is 4.20. The fraction of sp³-hybridized carbons (Fsp3) is 0.316. The fourth-order valence-electron chi connectivity index (χ4n) is 3.30. The van der Waals surface area contributed by atoms with Crippen LogP contribution in [0.15, 0.2) is 48.5 Å². The minimum absolute atomic E-state index is 0.0532. The topological polar surface area (TPSA) is 26.3 Å². The van der Waals surface area contributed by atoms with Crippen molar-refractivity contribution < 1.29 is 9.53 Å². The fourth-order valence-corrected chi connectivity index (χ4v) is 3.30. The molecule has 0 aromatic heterocycles. The van der Waals surface area contributed by atoms with E-state index >= 15 is 0 Å². The molecule has 0 N–H and O–H groups in total. The Labute approximate surface area is 124 Å². The lowest BCUT2D eigenvalue weighted by atomic mass is 10.1. The summed E-state index contributed by atoms with van der Waals surface area (Å²) in [5.74, 6) is -0.00562. The molecule has 0 heterocycles. The molecule has 0 saturated heterocycles. The minimum Gasteiger partial charge on any atom is -0.452 e. The lowest BCUT2D eigenvalue weighted by Crippen LogP contribution is -2.14. The van der Waals surface area contributed by atoms with E-state index in [1.165, 1.54) is 11.1 Å². The van der Waals surface area contributed by atoms with Crippen molar-refractivity contribution in [1.29, 1.82) is 0 Å². The van der Waals surface area contributed by atoms with Gasteiger partial charge in [-0.1, -0.05) is 62.4 Å². The quantitative estimate of drug-likeness (QED) is 0.764. The highest BCUT2D eigenvalue weighted by Gasteiger charge is 2.52. The molecule has 2 aromatic carbocycles. The summed E-state index contributed by atoms with van der Waals surface area (Å²) in [4.78, 5) is 12.4. The summed E-state index contributed by atoms with van der Waals surface area (Å²) in [5, 5.41) is 0. The summed E-state index contributed by atoms with van der Waals surface area (Å²) < 4.78 is 5.88. The molecule has 4 rings (SSSR count). The van der Waals surface area contributed by atoms with Crippen LogP contribution in [0.25, 0.3) is 11.1 Å². The molecule has 1 atom stereocenters. The maximum atomic E-state index is 12.4. The van der Waals surface area contributed by atoms with Crippen molar-refractivity contribution >= 4 is 5.97 Å². The third kappa shape index (κ3) is 1.90. The monoisotopic (exact) mass is 278 g/mol. The highest BCUT2D eigenvalue weighted by molar-refractivity contribution is 5.82. The van der Waals surface area contributed by atoms with Gasteiger partial charge < -0.3 is 4.74 Å². The zero-order chi connectivity index (χ0) is 14.6. The van der Waals surface area contributed by atoms with Crippen molar-refractivity contribution in [3.05, 3.63) is 59.7 Å². The Bertz CT molecular complexity index is 684. The van der Waals surface area contributed by atoms with Gasteiger partial charge in [-0.25, -0.2) is 0 Å². The first-order valence-electron chi connectivity index (χ1n) is 7.47. The van der Waals surface area contributed by atoms with Crippen LogP contribution in [-0.2, 0) is 9.53 Å². The molecular formula is C19H18O2. The molecule has 0 spiro atoms. The molecule has 0 aliphatic heterocycles. The Balaban J connectivity index is 1.71. The van der Waals surface area contributed by atoms with Crippen molar-refractivity contribution in [2.75, 3.05) is 0 Å². The molecule has 1 fully saturated rings. The SMILES string of the molecule is CC1(C)CC1C(=O)OC1c2ccccc2-c2ccccc21. The number of rotatable bonds is 2. The van der Waals surface area contributed by atoms with Crippen molar-refractivity contribution in [3.63, 3.8) is 0 Å². The third-order valence-corrected chi connectivity index (χ3v) is 4.81. The zero-order valence-corrected chi connectivity index (χ0v) is 12.3. The van der Waals surface area contributed by atoms with Crippen LogP contribution in [0.2, 0.25) is 0 Å². The molecule has 0 bridgehead atoms. The largest absolute Gasteiger partial charge is 0.452 e. The molecule has 1 unspecified atom stereocenters. The number of hydrogen-bond acceptors (Lipinski definition) is 2. The number of benzene rings is 2. The van der Waals surface area contributed by atoms with Gasteiger partial charge in [0.05, 0.1) is 5.92 Å². The number of carbonyl (C=O) groups is 1. The lowest BCUT2D eigenvalue weighted by Gasteiger charge is -2.15. The Morgan fingerprint density at radius 2 is 1.48 bits per heavy atom. The smallest absolute Gasteiger partial charge is 0.310 e. The van der Waals surface area contributed by atoms with E-state index in [0.717, 1.165) is 17.5 Å². The van der Waals surface area contributed by atoms with Crippen LogP contribution in [0.5, 0.6) is 0 Å². The summed E-state index contributed by atoms with van der Waals surface area (Å²) in [6, 6.07) is 16.4. The van der Waals surface area contributed by atoms with Crippen molar-refractivity contribution in [3.8, 4) is 11.1 Å². The average Bonchev–Trinajstić information content (AvgIpc) is 3.02. The predicted molar refractivity (Wildman–Crippen MR) is 81.7 cm³/mol. The molecular weight excluding hydrogens is 260 g/mol. The van der Waals surface area contributed by atoms with E-state index in [4.69, 9.17) is 4.74 Å². The molecule has 106 valence electrons.